The van der Waals surface area contributed by atoms with E-state index in [1.807, 2.05) is 18.2 Å². The lowest BCUT2D eigenvalue weighted by atomic mass is 10.1. The first-order valence-corrected chi connectivity index (χ1v) is 8.48. The Labute approximate surface area is 148 Å². The van der Waals surface area contributed by atoms with E-state index in [1.54, 1.807) is 25.4 Å². The summed E-state index contributed by atoms with van der Waals surface area (Å²) in [5.41, 5.74) is 1.72. The van der Waals surface area contributed by atoms with Gasteiger partial charge in [0.2, 0.25) is 5.88 Å². The van der Waals surface area contributed by atoms with Crippen molar-refractivity contribution in [3.8, 4) is 5.88 Å². The molecule has 2 N–H and O–H groups in total. The van der Waals surface area contributed by atoms with Crippen molar-refractivity contribution >= 4 is 5.96 Å². The third kappa shape index (κ3) is 6.41. The molecule has 1 heterocycles. The van der Waals surface area contributed by atoms with E-state index in [9.17, 15) is 4.39 Å². The summed E-state index contributed by atoms with van der Waals surface area (Å²) in [5.74, 6) is 1.13. The second kappa shape index (κ2) is 10.3. The van der Waals surface area contributed by atoms with E-state index in [1.165, 1.54) is 6.07 Å². The van der Waals surface area contributed by atoms with E-state index in [0.717, 1.165) is 12.0 Å². The molecule has 0 bridgehead atoms. The van der Waals surface area contributed by atoms with Gasteiger partial charge in [0.05, 0.1) is 6.61 Å². The number of ether oxygens (including phenoxy) is 1. The third-order valence-corrected chi connectivity index (χ3v) is 3.58. The number of hydrogen-bond acceptors (Lipinski definition) is 3. The maximum absolute atomic E-state index is 13.6. The lowest BCUT2D eigenvalue weighted by molar-refractivity contribution is 0.305. The molecule has 0 radical (unpaired) electrons. The molecule has 134 valence electrons. The molecule has 6 heteroatoms. The Morgan fingerprint density at radius 3 is 2.72 bits per heavy atom. The van der Waals surface area contributed by atoms with E-state index < -0.39 is 0 Å². The van der Waals surface area contributed by atoms with E-state index in [4.69, 9.17) is 4.74 Å². The van der Waals surface area contributed by atoms with Crippen LogP contribution in [0.3, 0.4) is 0 Å². The van der Waals surface area contributed by atoms with E-state index in [2.05, 4.69) is 27.5 Å². The number of hydrogen-bond donors (Lipinski definition) is 2. The normalized spacial score (nSPS) is 11.2. The zero-order valence-electron chi connectivity index (χ0n) is 14.8. The number of rotatable bonds is 8. The molecular weight excluding hydrogens is 319 g/mol. The minimum absolute atomic E-state index is 0.177. The average molecular weight is 344 g/mol. The average Bonchev–Trinajstić information content (AvgIpc) is 2.65. The summed E-state index contributed by atoms with van der Waals surface area (Å²) in [5, 5.41) is 6.40. The molecule has 0 saturated carbocycles. The maximum Gasteiger partial charge on any atom is 0.213 e. The molecule has 0 atom stereocenters. The Bertz CT molecular complexity index is 673. The summed E-state index contributed by atoms with van der Waals surface area (Å²) in [4.78, 5) is 8.44. The largest absolute Gasteiger partial charge is 0.478 e. The monoisotopic (exact) mass is 344 g/mol. The Balaban J connectivity index is 1.75. The first kappa shape index (κ1) is 18.7. The van der Waals surface area contributed by atoms with Crippen LogP contribution in [0, 0.1) is 5.82 Å². The van der Waals surface area contributed by atoms with Crippen LogP contribution in [0.5, 0.6) is 5.88 Å². The minimum atomic E-state index is -0.177. The predicted octanol–water partition coefficient (Wildman–Crippen LogP) is 2.92. The van der Waals surface area contributed by atoms with Crippen molar-refractivity contribution < 1.29 is 9.13 Å². The number of pyridine rings is 1. The summed E-state index contributed by atoms with van der Waals surface area (Å²) >= 11 is 0. The molecule has 25 heavy (non-hydrogen) atoms. The molecule has 0 fully saturated rings. The number of guanidine groups is 1. The van der Waals surface area contributed by atoms with Gasteiger partial charge in [-0.1, -0.05) is 31.2 Å². The maximum atomic E-state index is 13.6. The van der Waals surface area contributed by atoms with Crippen LogP contribution in [0.2, 0.25) is 0 Å². The van der Waals surface area contributed by atoms with Gasteiger partial charge in [0.15, 0.2) is 5.96 Å². The fraction of sp³-hybridized carbons (Fsp3) is 0.368. The van der Waals surface area contributed by atoms with Gasteiger partial charge in [0.1, 0.15) is 5.82 Å². The molecule has 2 rings (SSSR count). The Hall–Kier alpha value is -2.63. The van der Waals surface area contributed by atoms with Gasteiger partial charge in [-0.05, 0) is 30.0 Å². The molecule has 5 nitrogen and oxygen atoms in total. The second-order valence-corrected chi connectivity index (χ2v) is 5.55. The van der Waals surface area contributed by atoms with Crippen LogP contribution in [-0.2, 0) is 13.0 Å². The summed E-state index contributed by atoms with van der Waals surface area (Å²) in [6, 6.07) is 10.6. The Kier molecular flexibility index (Phi) is 7.69. The predicted molar refractivity (Wildman–Crippen MR) is 98.3 cm³/mol. The molecule has 0 amide bonds. The van der Waals surface area contributed by atoms with Crippen LogP contribution in [-0.4, -0.2) is 31.1 Å². The quantitative estimate of drug-likeness (QED) is 0.571. The van der Waals surface area contributed by atoms with Gasteiger partial charge >= 0.3 is 0 Å². The van der Waals surface area contributed by atoms with Crippen molar-refractivity contribution in [3.63, 3.8) is 0 Å². The first-order valence-electron chi connectivity index (χ1n) is 8.48. The van der Waals surface area contributed by atoms with Crippen molar-refractivity contribution in [2.24, 2.45) is 4.99 Å². The highest BCUT2D eigenvalue weighted by Gasteiger charge is 2.03. The lowest BCUT2D eigenvalue weighted by Gasteiger charge is -2.12. The first-order chi connectivity index (χ1) is 12.2. The third-order valence-electron chi connectivity index (χ3n) is 3.58. The fourth-order valence-corrected chi connectivity index (χ4v) is 2.23. The molecule has 1 aromatic heterocycles. The smallest absolute Gasteiger partial charge is 0.213 e. The second-order valence-electron chi connectivity index (χ2n) is 5.55. The fourth-order valence-electron chi connectivity index (χ4n) is 2.23. The number of aliphatic imine (C=N–C) groups is 1. The molecule has 0 aliphatic rings. The number of benzene rings is 1. The molecule has 2 aromatic rings. The molecule has 1 aromatic carbocycles. The highest BCUT2D eigenvalue weighted by molar-refractivity contribution is 5.79. The molecule has 0 saturated heterocycles. The van der Waals surface area contributed by atoms with Crippen molar-refractivity contribution in [3.05, 3.63) is 59.5 Å². The highest BCUT2D eigenvalue weighted by atomic mass is 19.1. The van der Waals surface area contributed by atoms with E-state index >= 15 is 0 Å². The molecule has 0 aliphatic carbocycles. The number of halogens is 1. The minimum Gasteiger partial charge on any atom is -0.478 e. The van der Waals surface area contributed by atoms with Crippen LogP contribution in [0.25, 0.3) is 0 Å². The zero-order valence-corrected chi connectivity index (χ0v) is 14.8. The molecular formula is C19H25FN4O. The van der Waals surface area contributed by atoms with Gasteiger partial charge in [0, 0.05) is 32.4 Å². The van der Waals surface area contributed by atoms with Crippen LogP contribution in [0.4, 0.5) is 4.39 Å². The van der Waals surface area contributed by atoms with E-state index in [0.29, 0.717) is 43.5 Å². The Morgan fingerprint density at radius 1 is 1.20 bits per heavy atom. The highest BCUT2D eigenvalue weighted by Crippen LogP contribution is 2.08. The zero-order chi connectivity index (χ0) is 17.9. The van der Waals surface area contributed by atoms with Gasteiger partial charge in [-0.15, -0.1) is 0 Å². The summed E-state index contributed by atoms with van der Waals surface area (Å²) in [6.45, 7) is 3.93. The van der Waals surface area contributed by atoms with Crippen LogP contribution < -0.4 is 15.4 Å². The number of nitrogens with zero attached hydrogens (tertiary/aromatic N) is 2. The summed E-state index contributed by atoms with van der Waals surface area (Å²) in [7, 11) is 1.71. The van der Waals surface area contributed by atoms with Crippen LogP contribution in [0.15, 0.2) is 47.6 Å². The van der Waals surface area contributed by atoms with Gasteiger partial charge in [-0.3, -0.25) is 4.99 Å². The summed E-state index contributed by atoms with van der Waals surface area (Å²) < 4.78 is 19.0. The van der Waals surface area contributed by atoms with E-state index in [-0.39, 0.29) is 5.82 Å². The molecule has 0 unspecified atom stereocenters. The van der Waals surface area contributed by atoms with Gasteiger partial charge < -0.3 is 15.4 Å². The SMILES string of the molecule is CCCOc1ccc(CNC(=NC)NCCc2ccccc2F)cn1. The van der Waals surface area contributed by atoms with Crippen molar-refractivity contribution in [2.75, 3.05) is 20.2 Å². The summed E-state index contributed by atoms with van der Waals surface area (Å²) in [6.07, 6.45) is 3.34. The van der Waals surface area contributed by atoms with Crippen molar-refractivity contribution in [1.29, 1.82) is 0 Å². The van der Waals surface area contributed by atoms with Gasteiger partial charge in [0.25, 0.3) is 0 Å². The molecule has 0 spiro atoms. The molecule has 0 aliphatic heterocycles. The standard InChI is InChI=1S/C19H25FN4O/c1-3-12-25-18-9-8-15(13-23-18)14-24-19(21-2)22-11-10-16-6-4-5-7-17(16)20/h4-9,13H,3,10-12,14H2,1-2H3,(H2,21,22,24). The van der Waals surface area contributed by atoms with Crippen molar-refractivity contribution in [2.45, 2.75) is 26.3 Å². The van der Waals surface area contributed by atoms with Crippen LogP contribution >= 0.6 is 0 Å². The van der Waals surface area contributed by atoms with Gasteiger partial charge in [-0.25, -0.2) is 9.37 Å². The number of nitrogens with one attached hydrogen (secondary N) is 2. The van der Waals surface area contributed by atoms with Crippen molar-refractivity contribution in [1.82, 2.24) is 15.6 Å². The lowest BCUT2D eigenvalue weighted by Crippen LogP contribution is -2.37. The topological polar surface area (TPSA) is 58.5 Å². The number of aromatic nitrogens is 1. The Morgan fingerprint density at radius 2 is 2.04 bits per heavy atom. The van der Waals surface area contributed by atoms with Crippen LogP contribution in [0.1, 0.15) is 24.5 Å². The van der Waals surface area contributed by atoms with Gasteiger partial charge in [-0.2, -0.15) is 0 Å².